The third kappa shape index (κ3) is 3.94. The first-order chi connectivity index (χ1) is 8.35. The number of hydrazine groups is 1. The Morgan fingerprint density at radius 1 is 1.18 bits per heavy atom. The van der Waals surface area contributed by atoms with Crippen LogP contribution >= 0.6 is 0 Å². The standard InChI is InChI=1S/C14H28N2O/c1-2-17-14(12-8-9-12)13(16-15)10-11-6-4-3-5-7-11/h11-14,16H,2-10,15H2,1H3. The van der Waals surface area contributed by atoms with Crippen LogP contribution in [0.5, 0.6) is 0 Å². The number of ether oxygens (including phenoxy) is 1. The van der Waals surface area contributed by atoms with Gasteiger partial charge >= 0.3 is 0 Å². The molecule has 2 rings (SSSR count). The number of hydrogen-bond acceptors (Lipinski definition) is 3. The lowest BCUT2D eigenvalue weighted by Crippen LogP contribution is -2.47. The minimum Gasteiger partial charge on any atom is -0.377 e. The Labute approximate surface area is 105 Å². The van der Waals surface area contributed by atoms with Crippen molar-refractivity contribution in [2.45, 2.75) is 70.4 Å². The van der Waals surface area contributed by atoms with Gasteiger partial charge in [-0.25, -0.2) is 0 Å². The Hall–Kier alpha value is -0.120. The zero-order valence-electron chi connectivity index (χ0n) is 11.2. The van der Waals surface area contributed by atoms with Crippen LogP contribution in [0.1, 0.15) is 58.3 Å². The first-order valence-corrected chi connectivity index (χ1v) is 7.42. The molecule has 0 aromatic heterocycles. The van der Waals surface area contributed by atoms with E-state index in [0.717, 1.165) is 18.4 Å². The Morgan fingerprint density at radius 3 is 2.41 bits per heavy atom. The molecule has 2 saturated carbocycles. The highest BCUT2D eigenvalue weighted by Gasteiger charge is 2.37. The highest BCUT2D eigenvalue weighted by Crippen LogP contribution is 2.38. The molecule has 0 heterocycles. The maximum Gasteiger partial charge on any atom is 0.0769 e. The fourth-order valence-electron chi connectivity index (χ4n) is 3.28. The topological polar surface area (TPSA) is 47.3 Å². The Kier molecular flexibility index (Phi) is 5.26. The maximum atomic E-state index is 5.92. The van der Waals surface area contributed by atoms with Crippen LogP contribution in [0, 0.1) is 11.8 Å². The van der Waals surface area contributed by atoms with Crippen molar-refractivity contribution in [2.75, 3.05) is 6.61 Å². The summed E-state index contributed by atoms with van der Waals surface area (Å²) >= 11 is 0. The summed E-state index contributed by atoms with van der Waals surface area (Å²) in [6, 6.07) is 0.366. The fraction of sp³-hybridized carbons (Fsp3) is 1.00. The lowest BCUT2D eigenvalue weighted by atomic mass is 9.83. The van der Waals surface area contributed by atoms with Crippen LogP contribution in [0.2, 0.25) is 0 Å². The van der Waals surface area contributed by atoms with Crippen LogP contribution in [-0.2, 0) is 4.74 Å². The molecule has 3 N–H and O–H groups in total. The van der Waals surface area contributed by atoms with E-state index in [1.165, 1.54) is 51.4 Å². The summed E-state index contributed by atoms with van der Waals surface area (Å²) in [5, 5.41) is 0. The van der Waals surface area contributed by atoms with Gasteiger partial charge in [0, 0.05) is 12.6 Å². The lowest BCUT2D eigenvalue weighted by Gasteiger charge is -2.31. The Balaban J connectivity index is 1.84. The summed E-state index contributed by atoms with van der Waals surface area (Å²) in [4.78, 5) is 0. The summed E-state index contributed by atoms with van der Waals surface area (Å²) in [6.07, 6.45) is 11.2. The molecule has 2 fully saturated rings. The maximum absolute atomic E-state index is 5.92. The van der Waals surface area contributed by atoms with Crippen molar-refractivity contribution in [3.63, 3.8) is 0 Å². The van der Waals surface area contributed by atoms with Crippen molar-refractivity contribution >= 4 is 0 Å². The molecule has 0 spiro atoms. The zero-order valence-corrected chi connectivity index (χ0v) is 11.2. The van der Waals surface area contributed by atoms with E-state index in [2.05, 4.69) is 12.3 Å². The average molecular weight is 240 g/mol. The minimum atomic E-state index is 0.354. The predicted molar refractivity (Wildman–Crippen MR) is 70.4 cm³/mol. The second kappa shape index (κ2) is 6.72. The minimum absolute atomic E-state index is 0.354. The van der Waals surface area contributed by atoms with Crippen LogP contribution in [0.25, 0.3) is 0 Å². The second-order valence-corrected chi connectivity index (χ2v) is 5.77. The number of hydrogen-bond donors (Lipinski definition) is 2. The highest BCUT2D eigenvalue weighted by atomic mass is 16.5. The summed E-state index contributed by atoms with van der Waals surface area (Å²) in [7, 11) is 0. The molecule has 0 bridgehead atoms. The van der Waals surface area contributed by atoms with Gasteiger partial charge in [-0.3, -0.25) is 11.3 Å². The normalized spacial score (nSPS) is 25.8. The van der Waals surface area contributed by atoms with Gasteiger partial charge in [0.05, 0.1) is 6.10 Å². The molecule has 0 aromatic rings. The molecule has 0 radical (unpaired) electrons. The monoisotopic (exact) mass is 240 g/mol. The molecular weight excluding hydrogens is 212 g/mol. The van der Waals surface area contributed by atoms with E-state index in [9.17, 15) is 0 Å². The van der Waals surface area contributed by atoms with Gasteiger partial charge in [-0.1, -0.05) is 32.1 Å². The van der Waals surface area contributed by atoms with E-state index in [-0.39, 0.29) is 0 Å². The van der Waals surface area contributed by atoms with Gasteiger partial charge in [0.25, 0.3) is 0 Å². The van der Waals surface area contributed by atoms with Gasteiger partial charge in [0.15, 0.2) is 0 Å². The van der Waals surface area contributed by atoms with Gasteiger partial charge in [0.1, 0.15) is 0 Å². The molecule has 2 atom stereocenters. The van der Waals surface area contributed by atoms with Crippen LogP contribution in [0.3, 0.4) is 0 Å². The molecular formula is C14H28N2O. The molecule has 0 saturated heterocycles. The second-order valence-electron chi connectivity index (χ2n) is 5.77. The first-order valence-electron chi connectivity index (χ1n) is 7.42. The van der Waals surface area contributed by atoms with E-state index in [1.54, 1.807) is 0 Å². The molecule has 2 unspecified atom stereocenters. The Bertz CT molecular complexity index is 212. The van der Waals surface area contributed by atoms with E-state index in [0.29, 0.717) is 12.1 Å². The zero-order chi connectivity index (χ0) is 12.1. The van der Waals surface area contributed by atoms with E-state index >= 15 is 0 Å². The quantitative estimate of drug-likeness (QED) is 0.531. The van der Waals surface area contributed by atoms with Crippen molar-refractivity contribution < 1.29 is 4.74 Å². The fourth-order valence-corrected chi connectivity index (χ4v) is 3.28. The molecule has 0 amide bonds. The van der Waals surface area contributed by atoms with Crippen molar-refractivity contribution in [1.82, 2.24) is 5.43 Å². The molecule has 2 aliphatic carbocycles. The largest absolute Gasteiger partial charge is 0.377 e. The summed E-state index contributed by atoms with van der Waals surface area (Å²) < 4.78 is 5.92. The molecule has 0 aromatic carbocycles. The van der Waals surface area contributed by atoms with Crippen LogP contribution in [-0.4, -0.2) is 18.8 Å². The van der Waals surface area contributed by atoms with Gasteiger partial charge < -0.3 is 4.74 Å². The SMILES string of the molecule is CCOC(C1CC1)C(CC1CCCCC1)NN. The molecule has 17 heavy (non-hydrogen) atoms. The van der Waals surface area contributed by atoms with Gasteiger partial charge in [-0.2, -0.15) is 0 Å². The lowest BCUT2D eigenvalue weighted by molar-refractivity contribution is 0.0112. The van der Waals surface area contributed by atoms with E-state index < -0.39 is 0 Å². The summed E-state index contributed by atoms with van der Waals surface area (Å²) in [6.45, 7) is 2.90. The molecule has 3 nitrogen and oxygen atoms in total. The van der Waals surface area contributed by atoms with Crippen LogP contribution in [0.15, 0.2) is 0 Å². The summed E-state index contributed by atoms with van der Waals surface area (Å²) in [5.74, 6) is 7.39. The third-order valence-corrected chi connectivity index (χ3v) is 4.37. The highest BCUT2D eigenvalue weighted by molar-refractivity contribution is 4.91. The van der Waals surface area contributed by atoms with Crippen LogP contribution in [0.4, 0.5) is 0 Å². The van der Waals surface area contributed by atoms with E-state index in [4.69, 9.17) is 10.6 Å². The van der Waals surface area contributed by atoms with Gasteiger partial charge in [0.2, 0.25) is 0 Å². The number of nitrogens with one attached hydrogen (secondary N) is 1. The first kappa shape index (κ1) is 13.3. The number of nitrogens with two attached hydrogens (primary N) is 1. The van der Waals surface area contributed by atoms with E-state index in [1.807, 2.05) is 0 Å². The smallest absolute Gasteiger partial charge is 0.0769 e. The molecule has 3 heteroatoms. The van der Waals surface area contributed by atoms with Crippen molar-refractivity contribution in [3.05, 3.63) is 0 Å². The third-order valence-electron chi connectivity index (χ3n) is 4.37. The summed E-state index contributed by atoms with van der Waals surface area (Å²) in [5.41, 5.74) is 3.03. The van der Waals surface area contributed by atoms with Crippen molar-refractivity contribution in [2.24, 2.45) is 17.7 Å². The van der Waals surface area contributed by atoms with Gasteiger partial charge in [-0.05, 0) is 38.0 Å². The molecule has 2 aliphatic rings. The number of rotatable bonds is 7. The Morgan fingerprint density at radius 2 is 1.88 bits per heavy atom. The van der Waals surface area contributed by atoms with Crippen molar-refractivity contribution in [1.29, 1.82) is 0 Å². The molecule has 0 aliphatic heterocycles. The van der Waals surface area contributed by atoms with Crippen LogP contribution < -0.4 is 11.3 Å². The molecule has 100 valence electrons. The average Bonchev–Trinajstić information content (AvgIpc) is 3.19. The predicted octanol–water partition coefficient (Wildman–Crippen LogP) is 2.60. The van der Waals surface area contributed by atoms with Gasteiger partial charge in [-0.15, -0.1) is 0 Å². The van der Waals surface area contributed by atoms with Crippen molar-refractivity contribution in [3.8, 4) is 0 Å².